The van der Waals surface area contributed by atoms with Gasteiger partial charge in [0, 0.05) is 45.3 Å². The highest BCUT2D eigenvalue weighted by molar-refractivity contribution is 6.30. The van der Waals surface area contributed by atoms with Gasteiger partial charge in [-0.2, -0.15) is 0 Å². The second-order valence-electron chi connectivity index (χ2n) is 6.42. The Morgan fingerprint density at radius 1 is 1.40 bits per heavy atom. The number of guanidine groups is 1. The Bertz CT molecular complexity index is 546. The van der Waals surface area contributed by atoms with Gasteiger partial charge in [0.15, 0.2) is 5.96 Å². The summed E-state index contributed by atoms with van der Waals surface area (Å²) in [5, 5.41) is 4.32. The maximum absolute atomic E-state index is 6.23. The third-order valence-electron chi connectivity index (χ3n) is 4.59. The standard InChI is InChI=1S/C19H31ClN4O/c1-4-5-9-23(3)19(21-2)22-15-18(24-10-12-25-13-11-24)16-7-6-8-17(20)14-16/h6-8,14,18H,4-5,9-13,15H2,1-3H3,(H,21,22). The molecule has 1 aliphatic rings. The minimum atomic E-state index is 0.249. The lowest BCUT2D eigenvalue weighted by molar-refractivity contribution is 0.0169. The summed E-state index contributed by atoms with van der Waals surface area (Å²) in [5.74, 6) is 0.939. The Balaban J connectivity index is 2.07. The molecule has 0 aliphatic carbocycles. The molecule has 1 aromatic carbocycles. The van der Waals surface area contributed by atoms with Gasteiger partial charge in [-0.3, -0.25) is 9.89 Å². The van der Waals surface area contributed by atoms with E-state index in [2.05, 4.69) is 46.2 Å². The summed E-state index contributed by atoms with van der Waals surface area (Å²) in [7, 11) is 3.93. The Morgan fingerprint density at radius 2 is 2.16 bits per heavy atom. The molecular weight excluding hydrogens is 336 g/mol. The van der Waals surface area contributed by atoms with Crippen molar-refractivity contribution >= 4 is 17.6 Å². The number of benzene rings is 1. The molecule has 1 saturated heterocycles. The molecule has 2 rings (SSSR count). The van der Waals surface area contributed by atoms with Crippen molar-refractivity contribution < 1.29 is 4.74 Å². The molecule has 0 radical (unpaired) electrons. The van der Waals surface area contributed by atoms with Crippen molar-refractivity contribution in [1.82, 2.24) is 15.1 Å². The molecule has 1 aliphatic heterocycles. The Hall–Kier alpha value is -1.30. The van der Waals surface area contributed by atoms with Gasteiger partial charge in [-0.25, -0.2) is 0 Å². The number of morpholine rings is 1. The molecule has 5 nitrogen and oxygen atoms in total. The lowest BCUT2D eigenvalue weighted by atomic mass is 10.0. The van der Waals surface area contributed by atoms with Gasteiger partial charge >= 0.3 is 0 Å². The molecule has 0 spiro atoms. The van der Waals surface area contributed by atoms with E-state index in [4.69, 9.17) is 16.3 Å². The summed E-state index contributed by atoms with van der Waals surface area (Å²) in [6.07, 6.45) is 2.35. The smallest absolute Gasteiger partial charge is 0.193 e. The van der Waals surface area contributed by atoms with Crippen molar-refractivity contribution in [3.63, 3.8) is 0 Å². The number of nitrogens with one attached hydrogen (secondary N) is 1. The summed E-state index contributed by atoms with van der Waals surface area (Å²) in [6.45, 7) is 7.44. The highest BCUT2D eigenvalue weighted by Crippen LogP contribution is 2.24. The zero-order valence-corrected chi connectivity index (χ0v) is 16.4. The minimum absolute atomic E-state index is 0.249. The van der Waals surface area contributed by atoms with E-state index in [9.17, 15) is 0 Å². The van der Waals surface area contributed by atoms with Crippen molar-refractivity contribution in [2.45, 2.75) is 25.8 Å². The molecule has 1 unspecified atom stereocenters. The summed E-state index contributed by atoms with van der Waals surface area (Å²) >= 11 is 6.23. The van der Waals surface area contributed by atoms with Gasteiger partial charge in [0.1, 0.15) is 0 Å². The first kappa shape index (κ1) is 20.0. The summed E-state index contributed by atoms with van der Waals surface area (Å²) in [5.41, 5.74) is 1.23. The number of ether oxygens (including phenoxy) is 1. The van der Waals surface area contributed by atoms with E-state index >= 15 is 0 Å². The van der Waals surface area contributed by atoms with Gasteiger partial charge in [-0.15, -0.1) is 0 Å². The molecule has 1 aromatic rings. The predicted molar refractivity (Wildman–Crippen MR) is 105 cm³/mol. The van der Waals surface area contributed by atoms with Gasteiger partial charge in [0.2, 0.25) is 0 Å². The van der Waals surface area contributed by atoms with Gasteiger partial charge in [-0.05, 0) is 24.1 Å². The number of hydrogen-bond acceptors (Lipinski definition) is 3. The lowest BCUT2D eigenvalue weighted by Gasteiger charge is -2.35. The maximum Gasteiger partial charge on any atom is 0.193 e. The van der Waals surface area contributed by atoms with Gasteiger partial charge in [0.25, 0.3) is 0 Å². The second-order valence-corrected chi connectivity index (χ2v) is 6.86. The van der Waals surface area contributed by atoms with Gasteiger partial charge < -0.3 is 15.0 Å². The van der Waals surface area contributed by atoms with Crippen LogP contribution in [-0.4, -0.2) is 69.2 Å². The number of nitrogens with zero attached hydrogens (tertiary/aromatic N) is 3. The zero-order valence-electron chi connectivity index (χ0n) is 15.7. The van der Waals surface area contributed by atoms with Crippen LogP contribution in [0.15, 0.2) is 29.3 Å². The quantitative estimate of drug-likeness (QED) is 0.594. The minimum Gasteiger partial charge on any atom is -0.379 e. The normalized spacial score (nSPS) is 17.4. The largest absolute Gasteiger partial charge is 0.379 e. The average Bonchev–Trinajstić information content (AvgIpc) is 2.64. The highest BCUT2D eigenvalue weighted by Gasteiger charge is 2.23. The molecule has 0 saturated carbocycles. The Morgan fingerprint density at radius 3 is 2.80 bits per heavy atom. The van der Waals surface area contributed by atoms with Crippen LogP contribution in [0.4, 0.5) is 0 Å². The third kappa shape index (κ3) is 6.17. The monoisotopic (exact) mass is 366 g/mol. The molecule has 6 heteroatoms. The molecule has 1 atom stereocenters. The number of unbranched alkanes of at least 4 members (excludes halogenated alkanes) is 1. The van der Waals surface area contributed by atoms with Crippen LogP contribution in [0.5, 0.6) is 0 Å². The van der Waals surface area contributed by atoms with Crippen LogP contribution in [0, 0.1) is 0 Å². The van der Waals surface area contributed by atoms with Crippen LogP contribution in [-0.2, 0) is 4.74 Å². The number of rotatable bonds is 7. The predicted octanol–water partition coefficient (Wildman–Crippen LogP) is 3.02. The van der Waals surface area contributed by atoms with Gasteiger partial charge in [-0.1, -0.05) is 37.1 Å². The van der Waals surface area contributed by atoms with Crippen molar-refractivity contribution in [3.8, 4) is 0 Å². The Labute approximate surface area is 157 Å². The molecule has 1 N–H and O–H groups in total. The van der Waals surface area contributed by atoms with Crippen molar-refractivity contribution in [2.75, 3.05) is 53.5 Å². The fourth-order valence-electron chi connectivity index (χ4n) is 3.13. The van der Waals surface area contributed by atoms with Crippen LogP contribution in [0.1, 0.15) is 31.4 Å². The first-order valence-corrected chi connectivity index (χ1v) is 9.52. The second kappa shape index (κ2) is 10.6. The number of hydrogen-bond donors (Lipinski definition) is 1. The summed E-state index contributed by atoms with van der Waals surface area (Å²) < 4.78 is 5.52. The molecule has 0 bridgehead atoms. The molecule has 0 aromatic heterocycles. The van der Waals surface area contributed by atoms with Crippen LogP contribution in [0.25, 0.3) is 0 Å². The fourth-order valence-corrected chi connectivity index (χ4v) is 3.33. The van der Waals surface area contributed by atoms with E-state index in [1.807, 2.05) is 19.2 Å². The first-order chi connectivity index (χ1) is 12.2. The molecule has 1 fully saturated rings. The molecular formula is C19H31ClN4O. The number of aliphatic imine (C=N–C) groups is 1. The topological polar surface area (TPSA) is 40.1 Å². The molecule has 1 heterocycles. The van der Waals surface area contributed by atoms with Crippen LogP contribution in [0.3, 0.4) is 0 Å². The van der Waals surface area contributed by atoms with E-state index in [1.165, 1.54) is 18.4 Å². The van der Waals surface area contributed by atoms with E-state index in [0.29, 0.717) is 0 Å². The lowest BCUT2D eigenvalue weighted by Crippen LogP contribution is -2.46. The number of halogens is 1. The van der Waals surface area contributed by atoms with E-state index in [0.717, 1.165) is 50.4 Å². The highest BCUT2D eigenvalue weighted by atomic mass is 35.5. The van der Waals surface area contributed by atoms with Gasteiger partial charge in [0.05, 0.1) is 19.3 Å². The summed E-state index contributed by atoms with van der Waals surface area (Å²) in [6, 6.07) is 8.41. The van der Waals surface area contributed by atoms with Crippen molar-refractivity contribution in [2.24, 2.45) is 4.99 Å². The van der Waals surface area contributed by atoms with Crippen LogP contribution in [0.2, 0.25) is 5.02 Å². The van der Waals surface area contributed by atoms with E-state index in [1.54, 1.807) is 0 Å². The van der Waals surface area contributed by atoms with E-state index < -0.39 is 0 Å². The van der Waals surface area contributed by atoms with Crippen LogP contribution >= 0.6 is 11.6 Å². The molecule has 25 heavy (non-hydrogen) atoms. The third-order valence-corrected chi connectivity index (χ3v) is 4.83. The Kier molecular flexibility index (Phi) is 8.52. The molecule has 140 valence electrons. The van der Waals surface area contributed by atoms with Crippen LogP contribution < -0.4 is 5.32 Å². The fraction of sp³-hybridized carbons (Fsp3) is 0.632. The SMILES string of the molecule is CCCCN(C)C(=NC)NCC(c1cccc(Cl)c1)N1CCOCC1. The van der Waals surface area contributed by atoms with Crippen molar-refractivity contribution in [3.05, 3.63) is 34.9 Å². The summed E-state index contributed by atoms with van der Waals surface area (Å²) in [4.78, 5) is 9.08. The van der Waals surface area contributed by atoms with E-state index in [-0.39, 0.29) is 6.04 Å². The zero-order chi connectivity index (χ0) is 18.1. The molecule has 0 amide bonds. The first-order valence-electron chi connectivity index (χ1n) is 9.14. The van der Waals surface area contributed by atoms with Crippen molar-refractivity contribution in [1.29, 1.82) is 0 Å². The average molecular weight is 367 g/mol. The maximum atomic E-state index is 6.23.